The third kappa shape index (κ3) is 3.97. The third-order valence-corrected chi connectivity index (χ3v) is 4.72. The van der Waals surface area contributed by atoms with E-state index in [1.807, 2.05) is 0 Å². The summed E-state index contributed by atoms with van der Waals surface area (Å²) < 4.78 is 0.372. The maximum atomic E-state index is 2.48. The van der Waals surface area contributed by atoms with Gasteiger partial charge in [-0.05, 0) is 49.9 Å². The topological polar surface area (TPSA) is 0 Å². The Kier molecular flexibility index (Phi) is 4.84. The summed E-state index contributed by atoms with van der Waals surface area (Å²) in [4.78, 5) is 0. The minimum absolute atomic E-state index is 0.186. The van der Waals surface area contributed by atoms with Crippen LogP contribution in [-0.4, -0.2) is 0 Å². The predicted molar refractivity (Wildman–Crippen MR) is 106 cm³/mol. The number of halogens is 2. The van der Waals surface area contributed by atoms with Crippen LogP contribution in [0.5, 0.6) is 0 Å². The van der Waals surface area contributed by atoms with Gasteiger partial charge in [-0.15, -0.1) is 0 Å². The van der Waals surface area contributed by atoms with Crippen LogP contribution in [0.2, 0.25) is 0 Å². The zero-order chi connectivity index (χ0) is 15.0. The van der Waals surface area contributed by atoms with E-state index in [2.05, 4.69) is 121 Å². The molecular weight excluding hydrogens is 470 g/mol. The Morgan fingerprint density at radius 1 is 0.550 bits per heavy atom. The molecule has 0 aliphatic rings. The van der Waals surface area contributed by atoms with Gasteiger partial charge in [0.05, 0.1) is 0 Å². The van der Waals surface area contributed by atoms with Gasteiger partial charge in [-0.3, -0.25) is 0 Å². The normalized spacial score (nSPS) is 12.5. The summed E-state index contributed by atoms with van der Waals surface area (Å²) in [6.45, 7) is 8.94. The summed E-state index contributed by atoms with van der Waals surface area (Å²) in [7, 11) is 0. The van der Waals surface area contributed by atoms with Gasteiger partial charge < -0.3 is 0 Å². The van der Waals surface area contributed by atoms with Crippen molar-refractivity contribution in [1.29, 1.82) is 0 Å². The number of hydrogen-bond acceptors (Lipinski definition) is 0. The number of alkyl halides is 2. The first kappa shape index (κ1) is 16.3. The van der Waals surface area contributed by atoms with Crippen molar-refractivity contribution in [3.63, 3.8) is 0 Å². The molecule has 0 saturated carbocycles. The van der Waals surface area contributed by atoms with E-state index < -0.39 is 0 Å². The molecule has 0 bridgehead atoms. The average molecular weight is 490 g/mol. The summed E-state index contributed by atoms with van der Waals surface area (Å²) in [5, 5.41) is 0. The standard InChI is InChI=1S/C18H20I2/c1-17(2,19)15-9-5-13(6-10-15)14-7-11-16(12-8-14)18(3,4)20/h5-12H,1-4H3. The van der Waals surface area contributed by atoms with Gasteiger partial charge in [0, 0.05) is 6.84 Å². The minimum atomic E-state index is 0.186. The average Bonchev–Trinajstić information content (AvgIpc) is 2.37. The van der Waals surface area contributed by atoms with Gasteiger partial charge in [0.2, 0.25) is 0 Å². The summed E-state index contributed by atoms with van der Waals surface area (Å²) in [5.74, 6) is 0. The molecule has 2 rings (SSSR count). The number of benzene rings is 2. The second-order valence-corrected chi connectivity index (χ2v) is 11.5. The van der Waals surface area contributed by atoms with Gasteiger partial charge in [0.1, 0.15) is 0 Å². The van der Waals surface area contributed by atoms with Crippen molar-refractivity contribution in [3.05, 3.63) is 59.7 Å². The van der Waals surface area contributed by atoms with Gasteiger partial charge >= 0.3 is 0 Å². The maximum absolute atomic E-state index is 2.48. The molecule has 0 atom stereocenters. The van der Waals surface area contributed by atoms with E-state index in [-0.39, 0.29) is 6.84 Å². The molecule has 0 nitrogen and oxygen atoms in total. The van der Waals surface area contributed by atoms with Crippen LogP contribution in [0.4, 0.5) is 0 Å². The quantitative estimate of drug-likeness (QED) is 0.332. The van der Waals surface area contributed by atoms with Crippen molar-refractivity contribution >= 4 is 45.2 Å². The highest BCUT2D eigenvalue weighted by molar-refractivity contribution is 14.1. The van der Waals surface area contributed by atoms with Crippen LogP contribution in [0.25, 0.3) is 11.1 Å². The summed E-state index contributed by atoms with van der Waals surface area (Å²) in [6, 6.07) is 17.8. The monoisotopic (exact) mass is 490 g/mol. The smallest absolute Gasteiger partial charge is 0.0414 e. The van der Waals surface area contributed by atoms with Crippen molar-refractivity contribution in [3.8, 4) is 11.1 Å². The van der Waals surface area contributed by atoms with Crippen LogP contribution in [0.3, 0.4) is 0 Å². The molecular formula is C18H20I2. The fraction of sp³-hybridized carbons (Fsp3) is 0.333. The van der Waals surface area contributed by atoms with Crippen LogP contribution in [-0.2, 0) is 6.84 Å². The number of rotatable bonds is 3. The van der Waals surface area contributed by atoms with E-state index in [1.54, 1.807) is 0 Å². The van der Waals surface area contributed by atoms with Crippen LogP contribution in [0.15, 0.2) is 48.5 Å². The molecule has 2 aromatic carbocycles. The molecule has 0 spiro atoms. The van der Waals surface area contributed by atoms with E-state index in [0.717, 1.165) is 0 Å². The van der Waals surface area contributed by atoms with Crippen molar-refractivity contribution in [2.45, 2.75) is 34.5 Å². The fourth-order valence-electron chi connectivity index (χ4n) is 2.12. The lowest BCUT2D eigenvalue weighted by Gasteiger charge is -2.18. The summed E-state index contributed by atoms with van der Waals surface area (Å²) >= 11 is 4.96. The molecule has 0 saturated heterocycles. The summed E-state index contributed by atoms with van der Waals surface area (Å²) in [5.41, 5.74) is 5.30. The molecule has 0 fully saturated rings. The van der Waals surface area contributed by atoms with Gasteiger partial charge in [0.25, 0.3) is 0 Å². The van der Waals surface area contributed by atoms with Crippen LogP contribution in [0.1, 0.15) is 38.8 Å². The van der Waals surface area contributed by atoms with Gasteiger partial charge in [-0.25, -0.2) is 0 Å². The maximum Gasteiger partial charge on any atom is 0.0414 e. The zero-order valence-electron chi connectivity index (χ0n) is 12.4. The molecule has 0 N–H and O–H groups in total. The van der Waals surface area contributed by atoms with E-state index in [0.29, 0.717) is 0 Å². The molecule has 0 heterocycles. The first-order chi connectivity index (χ1) is 9.18. The molecule has 0 aliphatic carbocycles. The fourth-order valence-corrected chi connectivity index (χ4v) is 2.84. The second-order valence-electron chi connectivity index (χ2n) is 6.10. The molecule has 0 aliphatic heterocycles. The van der Waals surface area contributed by atoms with Crippen LogP contribution < -0.4 is 0 Å². The predicted octanol–water partition coefficient (Wildman–Crippen LogP) is 6.69. The second kappa shape index (κ2) is 5.95. The highest BCUT2D eigenvalue weighted by atomic mass is 127. The minimum Gasteiger partial charge on any atom is -0.0743 e. The first-order valence-electron chi connectivity index (χ1n) is 6.77. The molecule has 20 heavy (non-hydrogen) atoms. The zero-order valence-corrected chi connectivity index (χ0v) is 16.7. The Morgan fingerprint density at radius 2 is 0.800 bits per heavy atom. The lowest BCUT2D eigenvalue weighted by Crippen LogP contribution is -2.06. The van der Waals surface area contributed by atoms with Gasteiger partial charge in [-0.1, -0.05) is 93.7 Å². The van der Waals surface area contributed by atoms with Crippen LogP contribution >= 0.6 is 45.2 Å². The first-order valence-corrected chi connectivity index (χ1v) is 8.93. The Morgan fingerprint density at radius 3 is 1.00 bits per heavy atom. The van der Waals surface area contributed by atoms with Gasteiger partial charge in [0.15, 0.2) is 0 Å². The Labute approximate surface area is 149 Å². The molecule has 0 aromatic heterocycles. The van der Waals surface area contributed by atoms with Crippen molar-refractivity contribution in [2.75, 3.05) is 0 Å². The molecule has 0 unspecified atom stereocenters. The summed E-state index contributed by atoms with van der Waals surface area (Å²) in [6.07, 6.45) is 0. The molecule has 2 aromatic rings. The number of hydrogen-bond donors (Lipinski definition) is 0. The largest absolute Gasteiger partial charge is 0.0743 e. The van der Waals surface area contributed by atoms with Crippen LogP contribution in [0, 0.1) is 0 Å². The molecule has 2 heteroatoms. The SMILES string of the molecule is CC(C)(I)c1ccc(-c2ccc(C(C)(C)I)cc2)cc1. The van der Waals surface area contributed by atoms with Gasteiger partial charge in [-0.2, -0.15) is 0 Å². The Hall–Kier alpha value is -0.100. The molecule has 0 amide bonds. The lowest BCUT2D eigenvalue weighted by molar-refractivity contribution is 0.826. The highest BCUT2D eigenvalue weighted by Crippen LogP contribution is 2.34. The highest BCUT2D eigenvalue weighted by Gasteiger charge is 2.16. The van der Waals surface area contributed by atoms with E-state index in [4.69, 9.17) is 0 Å². The lowest BCUT2D eigenvalue weighted by atomic mass is 9.96. The van der Waals surface area contributed by atoms with E-state index >= 15 is 0 Å². The molecule has 106 valence electrons. The van der Waals surface area contributed by atoms with Crippen molar-refractivity contribution in [1.82, 2.24) is 0 Å². The van der Waals surface area contributed by atoms with E-state index in [9.17, 15) is 0 Å². The molecule has 0 radical (unpaired) electrons. The Bertz CT molecular complexity index is 511. The van der Waals surface area contributed by atoms with E-state index in [1.165, 1.54) is 22.3 Å². The van der Waals surface area contributed by atoms with Crippen molar-refractivity contribution in [2.24, 2.45) is 0 Å². The van der Waals surface area contributed by atoms with Crippen molar-refractivity contribution < 1.29 is 0 Å². The Balaban J connectivity index is 2.29. The third-order valence-electron chi connectivity index (χ3n) is 3.48.